The lowest BCUT2D eigenvalue weighted by molar-refractivity contribution is -0.284. The first-order chi connectivity index (χ1) is 23.6. The summed E-state index contributed by atoms with van der Waals surface area (Å²) >= 11 is 0. The predicted molar refractivity (Wildman–Crippen MR) is 194 cm³/mol. The highest BCUT2D eigenvalue weighted by Crippen LogP contribution is 2.64. The zero-order valence-electron chi connectivity index (χ0n) is 33.3. The molecule has 0 spiro atoms. The second-order valence-electron chi connectivity index (χ2n) is 19.6. The normalized spacial score (nSPS) is 41.5. The number of carboxylic acids is 3. The van der Waals surface area contributed by atoms with Crippen molar-refractivity contribution in [3.05, 3.63) is 12.7 Å². The molecule has 0 radical (unpaired) electrons. The molecule has 52 heavy (non-hydrogen) atoms. The molecule has 0 aromatic rings. The van der Waals surface area contributed by atoms with Crippen LogP contribution in [0.25, 0.3) is 0 Å². The van der Waals surface area contributed by atoms with E-state index in [9.17, 15) is 39.6 Å². The van der Waals surface area contributed by atoms with Gasteiger partial charge in [-0.15, -0.1) is 6.58 Å². The van der Waals surface area contributed by atoms with Crippen LogP contribution in [-0.4, -0.2) is 79.4 Å². The molecule has 0 unspecified atom stereocenters. The van der Waals surface area contributed by atoms with Gasteiger partial charge in [0, 0.05) is 0 Å². The fourth-order valence-corrected chi connectivity index (χ4v) is 12.3. The molecule has 0 bridgehead atoms. The van der Waals surface area contributed by atoms with E-state index in [-0.39, 0.29) is 43.6 Å². The van der Waals surface area contributed by atoms with Crippen molar-refractivity contribution < 1.29 is 53.8 Å². The minimum absolute atomic E-state index is 0.0313. The summed E-state index contributed by atoms with van der Waals surface area (Å²) in [5.41, 5.74) is -6.19. The van der Waals surface area contributed by atoms with Gasteiger partial charge >= 0.3 is 23.9 Å². The quantitative estimate of drug-likeness (QED) is 0.111. The van der Waals surface area contributed by atoms with Crippen LogP contribution in [0.4, 0.5) is 0 Å². The van der Waals surface area contributed by atoms with Gasteiger partial charge in [-0.2, -0.15) is 0 Å². The van der Waals surface area contributed by atoms with Crippen LogP contribution < -0.4 is 0 Å². The number of fused-ring (bicyclic) bond motifs is 2. The van der Waals surface area contributed by atoms with Crippen molar-refractivity contribution >= 4 is 23.9 Å². The van der Waals surface area contributed by atoms with E-state index in [2.05, 4.69) is 13.5 Å². The number of aliphatic hydroxyl groups is 1. The minimum atomic E-state index is -1.16. The maximum atomic E-state index is 13.5. The van der Waals surface area contributed by atoms with Gasteiger partial charge in [-0.3, -0.25) is 19.2 Å². The number of ether oxygens (including phenoxy) is 3. The van der Waals surface area contributed by atoms with E-state index in [1.807, 2.05) is 47.6 Å². The SMILES string of the molecule is C=C[C@@]1(C)CC[C@H]2[C@](C)(CC(=O)O)[C@H](C(C)(C)CC(=O)OC[C@@H](O)[C@@]3(C)CC[C@H]4[C@](C)(CC(=O)O)[C@H](C(C)(C)C(=O)O)CC[C@]4(C)O3)CC[C@]2(C)O1. The van der Waals surface area contributed by atoms with E-state index in [1.165, 1.54) is 0 Å². The summed E-state index contributed by atoms with van der Waals surface area (Å²) in [6.45, 7) is 22.8. The van der Waals surface area contributed by atoms with Crippen LogP contribution >= 0.6 is 0 Å². The molecule has 11 nitrogen and oxygen atoms in total. The lowest BCUT2D eigenvalue weighted by Crippen LogP contribution is -2.65. The van der Waals surface area contributed by atoms with Gasteiger partial charge in [-0.05, 0) is 133 Å². The second-order valence-corrected chi connectivity index (χ2v) is 19.6. The third-order valence-electron chi connectivity index (χ3n) is 14.9. The third-order valence-corrected chi connectivity index (χ3v) is 14.9. The molecule has 296 valence electrons. The number of hydrogen-bond acceptors (Lipinski definition) is 8. The highest BCUT2D eigenvalue weighted by molar-refractivity contribution is 5.75. The average Bonchev–Trinajstić information content (AvgIpc) is 2.97. The summed E-state index contributed by atoms with van der Waals surface area (Å²) in [5, 5.41) is 41.6. The molecule has 2 saturated carbocycles. The maximum absolute atomic E-state index is 13.5. The monoisotopic (exact) mass is 734 g/mol. The molecule has 2 aliphatic heterocycles. The first-order valence-corrected chi connectivity index (χ1v) is 19.2. The number of carbonyl (C=O) groups is 4. The zero-order valence-corrected chi connectivity index (χ0v) is 33.3. The molecule has 0 amide bonds. The number of esters is 1. The summed E-state index contributed by atoms with van der Waals surface area (Å²) in [5.74, 6) is -4.13. The zero-order chi connectivity index (χ0) is 39.5. The number of hydrogen-bond donors (Lipinski definition) is 4. The lowest BCUT2D eigenvalue weighted by atomic mass is 9.47. The Hall–Kier alpha value is -2.50. The van der Waals surface area contributed by atoms with E-state index in [1.54, 1.807) is 20.8 Å². The van der Waals surface area contributed by atoms with Crippen molar-refractivity contribution in [3.8, 4) is 0 Å². The van der Waals surface area contributed by atoms with Crippen LogP contribution in [0.15, 0.2) is 12.7 Å². The Bertz CT molecular complexity index is 1420. The molecule has 0 aromatic heterocycles. The number of carboxylic acid groups (broad SMARTS) is 3. The number of aliphatic carboxylic acids is 3. The first kappa shape index (κ1) is 42.2. The Morgan fingerprint density at radius 3 is 1.75 bits per heavy atom. The standard InChI is InChI=1S/C41H66O11/c1-12-36(6)17-13-27-37(7,21-30(43)44)25(14-18-39(27,9)51-36)34(2,3)23-32(47)50-24-29(42)41(11)20-16-28-38(8,22-31(45)46)26(35(4,5)33(48)49)15-19-40(28,10)52-41/h12,25-29,42H,1,13-24H2,2-11H3,(H,43,44)(H,45,46)(H,48,49)/t25-,26-,27-,28-,29+,36-,37+,38+,39-,40-,41+/m0/s1. The van der Waals surface area contributed by atoms with Crippen molar-refractivity contribution in [2.24, 2.45) is 45.3 Å². The summed E-state index contributed by atoms with van der Waals surface area (Å²) in [4.78, 5) is 50.3. The number of carbonyl (C=O) groups excluding carboxylic acids is 1. The summed E-state index contributed by atoms with van der Waals surface area (Å²) in [7, 11) is 0. The molecule has 4 aliphatic rings. The number of aliphatic hydroxyl groups excluding tert-OH is 1. The van der Waals surface area contributed by atoms with Gasteiger partial charge in [0.15, 0.2) is 0 Å². The third kappa shape index (κ3) is 7.57. The molecule has 11 heteroatoms. The predicted octanol–water partition coefficient (Wildman–Crippen LogP) is 7.27. The van der Waals surface area contributed by atoms with Crippen LogP contribution in [0.5, 0.6) is 0 Å². The van der Waals surface area contributed by atoms with Crippen LogP contribution in [0.2, 0.25) is 0 Å². The smallest absolute Gasteiger partial charge is 0.309 e. The topological polar surface area (TPSA) is 177 Å². The van der Waals surface area contributed by atoms with Gasteiger partial charge in [-0.25, -0.2) is 0 Å². The van der Waals surface area contributed by atoms with E-state index in [0.29, 0.717) is 32.1 Å². The van der Waals surface area contributed by atoms with Crippen LogP contribution in [0, 0.1) is 45.3 Å². The van der Waals surface area contributed by atoms with E-state index >= 15 is 0 Å². The molecule has 0 aromatic carbocycles. The van der Waals surface area contributed by atoms with Crippen molar-refractivity contribution in [2.75, 3.05) is 6.61 Å². The van der Waals surface area contributed by atoms with Gasteiger partial charge in [0.05, 0.1) is 47.1 Å². The molecule has 4 rings (SSSR count). The molecular weight excluding hydrogens is 668 g/mol. The molecule has 2 saturated heterocycles. The summed E-state index contributed by atoms with van der Waals surface area (Å²) in [6.07, 6.45) is 5.25. The molecular formula is C41H66O11. The van der Waals surface area contributed by atoms with Gasteiger partial charge in [0.2, 0.25) is 0 Å². The van der Waals surface area contributed by atoms with Crippen molar-refractivity contribution in [1.82, 2.24) is 0 Å². The Kier molecular flexibility index (Phi) is 11.4. The lowest BCUT2D eigenvalue weighted by Gasteiger charge is -2.63. The van der Waals surface area contributed by atoms with Gasteiger partial charge < -0.3 is 34.6 Å². The minimum Gasteiger partial charge on any atom is -0.481 e. The van der Waals surface area contributed by atoms with Gasteiger partial charge in [0.1, 0.15) is 12.7 Å². The Labute approximate surface area is 310 Å². The fraction of sp³-hybridized carbons (Fsp3) is 0.854. The van der Waals surface area contributed by atoms with E-state index < -0.39 is 80.0 Å². The molecule has 2 heterocycles. The summed E-state index contributed by atoms with van der Waals surface area (Å²) < 4.78 is 19.2. The number of rotatable bonds is 13. The van der Waals surface area contributed by atoms with Crippen molar-refractivity contribution in [1.29, 1.82) is 0 Å². The van der Waals surface area contributed by atoms with Gasteiger partial charge in [0.25, 0.3) is 0 Å². The van der Waals surface area contributed by atoms with Crippen LogP contribution in [-0.2, 0) is 33.4 Å². The van der Waals surface area contributed by atoms with Gasteiger partial charge in [-0.1, -0.05) is 33.8 Å². The molecule has 11 atom stereocenters. The van der Waals surface area contributed by atoms with E-state index in [4.69, 9.17) is 14.2 Å². The van der Waals surface area contributed by atoms with Crippen molar-refractivity contribution in [3.63, 3.8) is 0 Å². The van der Waals surface area contributed by atoms with Crippen molar-refractivity contribution in [2.45, 2.75) is 168 Å². The fourth-order valence-electron chi connectivity index (χ4n) is 12.3. The Balaban J connectivity index is 1.46. The average molecular weight is 735 g/mol. The van der Waals surface area contributed by atoms with Crippen LogP contribution in [0.1, 0.15) is 140 Å². The molecule has 2 aliphatic carbocycles. The maximum Gasteiger partial charge on any atom is 0.309 e. The molecule has 4 fully saturated rings. The Morgan fingerprint density at radius 1 is 0.769 bits per heavy atom. The summed E-state index contributed by atoms with van der Waals surface area (Å²) in [6, 6.07) is 0. The highest BCUT2D eigenvalue weighted by Gasteiger charge is 2.64. The Morgan fingerprint density at radius 2 is 1.25 bits per heavy atom. The first-order valence-electron chi connectivity index (χ1n) is 19.2. The second kappa shape index (κ2) is 14.0. The highest BCUT2D eigenvalue weighted by atomic mass is 16.6. The van der Waals surface area contributed by atoms with Crippen LogP contribution in [0.3, 0.4) is 0 Å². The van der Waals surface area contributed by atoms with E-state index in [0.717, 1.165) is 19.3 Å². The largest absolute Gasteiger partial charge is 0.481 e. The molecule has 4 N–H and O–H groups in total.